The number of nitrogens with one attached hydrogen (secondary N) is 2. The normalized spacial score (nSPS) is 14.4. The van der Waals surface area contributed by atoms with Crippen LogP contribution in [-0.4, -0.2) is 44.0 Å². The highest BCUT2D eigenvalue weighted by Crippen LogP contribution is 2.21. The maximum Gasteiger partial charge on any atom is 0.271 e. The molecule has 3 aromatic rings. The second kappa shape index (κ2) is 6.38. The summed E-state index contributed by atoms with van der Waals surface area (Å²) < 4.78 is 1.55. The van der Waals surface area contributed by atoms with Crippen LogP contribution in [0.1, 0.15) is 33.0 Å². The topological polar surface area (TPSA) is 95.4 Å². The van der Waals surface area contributed by atoms with Crippen LogP contribution in [0.3, 0.4) is 0 Å². The molecule has 0 radical (unpaired) electrons. The SMILES string of the molecule is CNC(=O)c1n[nH]c2c1CN(Cc1cc(=O)n3ccc(C)cc3n1)CC2. The summed E-state index contributed by atoms with van der Waals surface area (Å²) >= 11 is 0. The van der Waals surface area contributed by atoms with Crippen LogP contribution < -0.4 is 10.9 Å². The summed E-state index contributed by atoms with van der Waals surface area (Å²) in [5.74, 6) is -0.193. The van der Waals surface area contributed by atoms with Gasteiger partial charge in [-0.25, -0.2) is 4.98 Å². The predicted octanol–water partition coefficient (Wildman–Crippen LogP) is 0.644. The van der Waals surface area contributed by atoms with Gasteiger partial charge in [-0.1, -0.05) is 0 Å². The zero-order chi connectivity index (χ0) is 18.3. The van der Waals surface area contributed by atoms with E-state index in [0.717, 1.165) is 35.5 Å². The third-order valence-electron chi connectivity index (χ3n) is 4.72. The van der Waals surface area contributed by atoms with Crippen molar-refractivity contribution in [1.29, 1.82) is 0 Å². The molecule has 0 saturated heterocycles. The number of aromatic nitrogens is 4. The minimum atomic E-state index is -0.193. The van der Waals surface area contributed by atoms with E-state index in [4.69, 9.17) is 0 Å². The molecule has 1 amide bonds. The lowest BCUT2D eigenvalue weighted by molar-refractivity contribution is 0.0955. The van der Waals surface area contributed by atoms with Gasteiger partial charge in [0.15, 0.2) is 5.69 Å². The van der Waals surface area contributed by atoms with Crippen molar-refractivity contribution in [3.05, 3.63) is 63.0 Å². The van der Waals surface area contributed by atoms with Crippen LogP contribution in [0.4, 0.5) is 0 Å². The average molecular weight is 352 g/mol. The Kier molecular flexibility index (Phi) is 4.04. The molecule has 0 aliphatic carbocycles. The van der Waals surface area contributed by atoms with Gasteiger partial charge in [-0.3, -0.25) is 24.0 Å². The Labute approximate surface area is 149 Å². The monoisotopic (exact) mass is 352 g/mol. The molecule has 8 nitrogen and oxygen atoms in total. The predicted molar refractivity (Wildman–Crippen MR) is 96.0 cm³/mol. The van der Waals surface area contributed by atoms with Gasteiger partial charge < -0.3 is 5.32 Å². The first-order valence-electron chi connectivity index (χ1n) is 8.54. The Balaban J connectivity index is 1.61. The summed E-state index contributed by atoms with van der Waals surface area (Å²) in [6, 6.07) is 5.37. The zero-order valence-electron chi connectivity index (χ0n) is 14.7. The summed E-state index contributed by atoms with van der Waals surface area (Å²) in [4.78, 5) is 31.1. The highest BCUT2D eigenvalue weighted by molar-refractivity contribution is 5.93. The van der Waals surface area contributed by atoms with Gasteiger partial charge in [-0.05, 0) is 24.6 Å². The lowest BCUT2D eigenvalue weighted by Gasteiger charge is -2.26. The fraction of sp³-hybridized carbons (Fsp3) is 0.333. The summed E-state index contributed by atoms with van der Waals surface area (Å²) in [6.45, 7) is 3.95. The van der Waals surface area contributed by atoms with E-state index in [0.29, 0.717) is 24.4 Å². The van der Waals surface area contributed by atoms with Gasteiger partial charge in [0.2, 0.25) is 0 Å². The molecule has 0 saturated carbocycles. The number of fused-ring (bicyclic) bond motifs is 2. The first-order valence-corrected chi connectivity index (χ1v) is 8.54. The summed E-state index contributed by atoms with van der Waals surface area (Å²) in [7, 11) is 1.60. The molecule has 2 N–H and O–H groups in total. The highest BCUT2D eigenvalue weighted by atomic mass is 16.2. The Hall–Kier alpha value is -3.00. The Morgan fingerprint density at radius 3 is 3.04 bits per heavy atom. The molecule has 0 atom stereocenters. The minimum absolute atomic E-state index is 0.0861. The van der Waals surface area contributed by atoms with E-state index in [-0.39, 0.29) is 11.5 Å². The van der Waals surface area contributed by atoms with Gasteiger partial charge in [-0.15, -0.1) is 0 Å². The summed E-state index contributed by atoms with van der Waals surface area (Å²) in [6.07, 6.45) is 2.53. The van der Waals surface area contributed by atoms with Gasteiger partial charge in [0.05, 0.1) is 5.69 Å². The molecular weight excluding hydrogens is 332 g/mol. The van der Waals surface area contributed by atoms with E-state index in [1.54, 1.807) is 23.7 Å². The number of nitrogens with zero attached hydrogens (tertiary/aromatic N) is 4. The van der Waals surface area contributed by atoms with Gasteiger partial charge in [-0.2, -0.15) is 5.10 Å². The lowest BCUT2D eigenvalue weighted by Crippen LogP contribution is -2.32. The number of H-pyrrole nitrogens is 1. The summed E-state index contributed by atoms with van der Waals surface area (Å²) in [5.41, 5.74) is 4.72. The van der Waals surface area contributed by atoms with Crippen LogP contribution in [-0.2, 0) is 19.5 Å². The van der Waals surface area contributed by atoms with Crippen LogP contribution >= 0.6 is 0 Å². The third kappa shape index (κ3) is 2.88. The largest absolute Gasteiger partial charge is 0.354 e. The minimum Gasteiger partial charge on any atom is -0.354 e. The molecule has 134 valence electrons. The quantitative estimate of drug-likeness (QED) is 0.721. The molecule has 3 aromatic heterocycles. The average Bonchev–Trinajstić information content (AvgIpc) is 3.04. The van der Waals surface area contributed by atoms with E-state index >= 15 is 0 Å². The number of pyridine rings is 1. The van der Waals surface area contributed by atoms with E-state index in [9.17, 15) is 9.59 Å². The number of amides is 1. The maximum atomic E-state index is 12.3. The second-order valence-corrected chi connectivity index (χ2v) is 6.59. The van der Waals surface area contributed by atoms with Crippen LogP contribution in [0.2, 0.25) is 0 Å². The van der Waals surface area contributed by atoms with Crippen LogP contribution in [0.15, 0.2) is 29.2 Å². The molecule has 0 fully saturated rings. The Morgan fingerprint density at radius 2 is 2.23 bits per heavy atom. The van der Waals surface area contributed by atoms with Crippen molar-refractivity contribution < 1.29 is 4.79 Å². The van der Waals surface area contributed by atoms with E-state index in [1.165, 1.54) is 0 Å². The molecular formula is C18H20N6O2. The standard InChI is InChI=1S/C18H20N6O2/c1-11-3-6-24-15(7-11)20-12(8-16(24)25)9-23-5-4-14-13(10-23)17(22-21-14)18(26)19-2/h3,6-8H,4-5,9-10H2,1-2H3,(H,19,26)(H,21,22). The van der Waals surface area contributed by atoms with Crippen molar-refractivity contribution in [1.82, 2.24) is 29.8 Å². The number of hydrogen-bond donors (Lipinski definition) is 2. The van der Waals surface area contributed by atoms with Crippen LogP contribution in [0.25, 0.3) is 5.65 Å². The van der Waals surface area contributed by atoms with E-state index in [1.807, 2.05) is 19.1 Å². The van der Waals surface area contributed by atoms with Crippen molar-refractivity contribution in [2.24, 2.45) is 0 Å². The van der Waals surface area contributed by atoms with E-state index in [2.05, 4.69) is 25.4 Å². The molecule has 4 rings (SSSR count). The second-order valence-electron chi connectivity index (χ2n) is 6.59. The highest BCUT2D eigenvalue weighted by Gasteiger charge is 2.25. The van der Waals surface area contributed by atoms with Crippen LogP contribution in [0.5, 0.6) is 0 Å². The van der Waals surface area contributed by atoms with Crippen molar-refractivity contribution in [3.63, 3.8) is 0 Å². The van der Waals surface area contributed by atoms with Gasteiger partial charge >= 0.3 is 0 Å². The fourth-order valence-corrected chi connectivity index (χ4v) is 3.36. The van der Waals surface area contributed by atoms with E-state index < -0.39 is 0 Å². The summed E-state index contributed by atoms with van der Waals surface area (Å²) in [5, 5.41) is 9.72. The first-order chi connectivity index (χ1) is 12.5. The van der Waals surface area contributed by atoms with Gasteiger partial charge in [0.1, 0.15) is 5.65 Å². The number of rotatable bonds is 3. The number of carbonyl (C=O) groups excluding carboxylic acids is 1. The number of carbonyl (C=O) groups is 1. The number of hydrogen-bond acceptors (Lipinski definition) is 5. The fourth-order valence-electron chi connectivity index (χ4n) is 3.36. The molecule has 1 aliphatic rings. The molecule has 0 unspecified atom stereocenters. The molecule has 26 heavy (non-hydrogen) atoms. The van der Waals surface area contributed by atoms with Crippen molar-refractivity contribution in [2.45, 2.75) is 26.4 Å². The maximum absolute atomic E-state index is 12.3. The molecule has 0 aromatic carbocycles. The zero-order valence-corrected chi connectivity index (χ0v) is 14.7. The van der Waals surface area contributed by atoms with Crippen LogP contribution in [0, 0.1) is 6.92 Å². The Morgan fingerprint density at radius 1 is 1.38 bits per heavy atom. The van der Waals surface area contributed by atoms with Crippen molar-refractivity contribution in [3.8, 4) is 0 Å². The van der Waals surface area contributed by atoms with Crippen molar-refractivity contribution in [2.75, 3.05) is 13.6 Å². The lowest BCUT2D eigenvalue weighted by atomic mass is 10.0. The molecule has 0 bridgehead atoms. The molecule has 8 heteroatoms. The van der Waals surface area contributed by atoms with Gasteiger partial charge in [0.25, 0.3) is 11.5 Å². The number of aryl methyl sites for hydroxylation is 1. The molecule has 0 spiro atoms. The third-order valence-corrected chi connectivity index (χ3v) is 4.72. The first kappa shape index (κ1) is 16.5. The molecule has 4 heterocycles. The van der Waals surface area contributed by atoms with Crippen molar-refractivity contribution >= 4 is 11.6 Å². The smallest absolute Gasteiger partial charge is 0.271 e. The molecule has 1 aliphatic heterocycles. The Bertz CT molecular complexity index is 1050. The van der Waals surface area contributed by atoms with Gasteiger partial charge in [0, 0.05) is 56.6 Å². The number of aromatic amines is 1.